The number of rotatable bonds is 6. The molecule has 0 unspecified atom stereocenters. The molecule has 0 aliphatic heterocycles. The summed E-state index contributed by atoms with van der Waals surface area (Å²) < 4.78 is 10.1. The molecule has 2 N–H and O–H groups in total. The van der Waals surface area contributed by atoms with Gasteiger partial charge in [-0.15, -0.1) is 5.10 Å². The highest BCUT2D eigenvalue weighted by atomic mass is 35.5. The molecule has 0 spiro atoms. The van der Waals surface area contributed by atoms with Gasteiger partial charge in [0, 0.05) is 13.2 Å². The maximum Gasteiger partial charge on any atom is 0.129 e. The lowest BCUT2D eigenvalue weighted by Crippen LogP contribution is -2.02. The summed E-state index contributed by atoms with van der Waals surface area (Å²) >= 11 is 7.36. The van der Waals surface area contributed by atoms with Crippen LogP contribution in [0.25, 0.3) is 11.0 Å². The van der Waals surface area contributed by atoms with E-state index in [4.69, 9.17) is 16.7 Å². The fourth-order valence-electron chi connectivity index (χ4n) is 1.94. The van der Waals surface area contributed by atoms with Crippen LogP contribution in [0.4, 0.5) is 5.69 Å². The molecule has 2 heterocycles. The lowest BCUT2D eigenvalue weighted by Gasteiger charge is -2.06. The topological polar surface area (TPSA) is 88.8 Å². The van der Waals surface area contributed by atoms with E-state index >= 15 is 0 Å². The first-order chi connectivity index (χ1) is 10.3. The molecule has 0 saturated heterocycles. The minimum Gasteiger partial charge on any atom is -0.396 e. The third-order valence-electron chi connectivity index (χ3n) is 2.95. The van der Waals surface area contributed by atoms with E-state index in [1.807, 2.05) is 12.3 Å². The summed E-state index contributed by atoms with van der Waals surface area (Å²) in [7, 11) is 0. The SMILES string of the molecule is OCCCn1cc(CNc2c(Cl)ccc3nsnc23)nn1. The summed E-state index contributed by atoms with van der Waals surface area (Å²) in [5.41, 5.74) is 3.13. The van der Waals surface area contributed by atoms with Gasteiger partial charge in [-0.05, 0) is 18.6 Å². The third-order valence-corrected chi connectivity index (χ3v) is 3.81. The number of aliphatic hydroxyl groups is 1. The summed E-state index contributed by atoms with van der Waals surface area (Å²) in [5.74, 6) is 0. The Morgan fingerprint density at radius 3 is 3.10 bits per heavy atom. The second-order valence-corrected chi connectivity index (χ2v) is 5.39. The zero-order valence-corrected chi connectivity index (χ0v) is 12.6. The van der Waals surface area contributed by atoms with E-state index in [0.717, 1.165) is 34.1 Å². The summed E-state index contributed by atoms with van der Waals surface area (Å²) in [5, 5.41) is 20.7. The maximum atomic E-state index is 8.80. The van der Waals surface area contributed by atoms with E-state index in [1.165, 1.54) is 0 Å². The number of halogens is 1. The monoisotopic (exact) mass is 324 g/mol. The normalized spacial score (nSPS) is 11.1. The van der Waals surface area contributed by atoms with Crippen molar-refractivity contribution in [1.82, 2.24) is 23.7 Å². The second kappa shape index (κ2) is 6.33. The zero-order valence-electron chi connectivity index (χ0n) is 11.0. The lowest BCUT2D eigenvalue weighted by molar-refractivity contribution is 0.276. The molecular weight excluding hydrogens is 312 g/mol. The smallest absolute Gasteiger partial charge is 0.129 e. The Morgan fingerprint density at radius 2 is 2.24 bits per heavy atom. The van der Waals surface area contributed by atoms with Gasteiger partial charge >= 0.3 is 0 Å². The molecule has 0 radical (unpaired) electrons. The zero-order chi connectivity index (χ0) is 14.7. The van der Waals surface area contributed by atoms with Crippen LogP contribution >= 0.6 is 23.3 Å². The van der Waals surface area contributed by atoms with Gasteiger partial charge < -0.3 is 10.4 Å². The molecule has 21 heavy (non-hydrogen) atoms. The average Bonchev–Trinajstić information content (AvgIpc) is 3.13. The van der Waals surface area contributed by atoms with Gasteiger partial charge in [0.05, 0.1) is 35.2 Å². The Labute approximate surface area is 129 Å². The molecule has 0 amide bonds. The number of nitrogens with zero attached hydrogens (tertiary/aromatic N) is 5. The quantitative estimate of drug-likeness (QED) is 0.720. The fourth-order valence-corrected chi connectivity index (χ4v) is 2.70. The number of hydrogen-bond donors (Lipinski definition) is 2. The molecule has 1 aromatic carbocycles. The number of aryl methyl sites for hydroxylation is 1. The first kappa shape index (κ1) is 14.2. The van der Waals surface area contributed by atoms with E-state index < -0.39 is 0 Å². The van der Waals surface area contributed by atoms with Crippen molar-refractivity contribution >= 4 is 40.0 Å². The number of fused-ring (bicyclic) bond motifs is 1. The standard InChI is InChI=1S/C12H13ClN6OS/c13-9-2-3-10-12(17-21-16-10)11(9)14-6-8-7-19(18-15-8)4-1-5-20/h2-3,7,14,20H,1,4-6H2. The Bertz CT molecular complexity index is 742. The summed E-state index contributed by atoms with van der Waals surface area (Å²) in [6.07, 6.45) is 2.50. The van der Waals surface area contributed by atoms with Crippen molar-refractivity contribution in [2.45, 2.75) is 19.5 Å². The van der Waals surface area contributed by atoms with Gasteiger partial charge in [-0.3, -0.25) is 4.68 Å². The van der Waals surface area contributed by atoms with Crippen LogP contribution in [0.5, 0.6) is 0 Å². The van der Waals surface area contributed by atoms with Gasteiger partial charge in [-0.1, -0.05) is 16.8 Å². The third kappa shape index (κ3) is 3.12. The Kier molecular flexibility index (Phi) is 4.28. The van der Waals surface area contributed by atoms with Crippen LogP contribution in [-0.2, 0) is 13.1 Å². The average molecular weight is 325 g/mol. The van der Waals surface area contributed by atoms with Crippen LogP contribution < -0.4 is 5.32 Å². The molecule has 0 saturated carbocycles. The molecule has 0 bridgehead atoms. The van der Waals surface area contributed by atoms with Crippen molar-refractivity contribution < 1.29 is 5.11 Å². The second-order valence-electron chi connectivity index (χ2n) is 4.46. The number of hydrogen-bond acceptors (Lipinski definition) is 7. The van der Waals surface area contributed by atoms with Crippen LogP contribution in [0.3, 0.4) is 0 Å². The van der Waals surface area contributed by atoms with Crippen LogP contribution in [0.2, 0.25) is 5.02 Å². The van der Waals surface area contributed by atoms with Gasteiger partial charge in [0.1, 0.15) is 16.7 Å². The van der Waals surface area contributed by atoms with Crippen LogP contribution in [0.15, 0.2) is 18.3 Å². The Morgan fingerprint density at radius 1 is 1.33 bits per heavy atom. The first-order valence-electron chi connectivity index (χ1n) is 6.42. The molecule has 9 heteroatoms. The van der Waals surface area contributed by atoms with E-state index in [0.29, 0.717) is 24.5 Å². The number of nitrogens with one attached hydrogen (secondary N) is 1. The van der Waals surface area contributed by atoms with Gasteiger partial charge in [0.25, 0.3) is 0 Å². The lowest BCUT2D eigenvalue weighted by atomic mass is 10.2. The molecule has 0 aliphatic carbocycles. The highest BCUT2D eigenvalue weighted by Crippen LogP contribution is 2.30. The molecule has 3 rings (SSSR count). The van der Waals surface area contributed by atoms with Crippen molar-refractivity contribution in [3.8, 4) is 0 Å². The predicted molar refractivity (Wildman–Crippen MR) is 81.5 cm³/mol. The van der Waals surface area contributed by atoms with E-state index in [-0.39, 0.29) is 6.61 Å². The molecule has 3 aromatic rings. The molecule has 0 atom stereocenters. The van der Waals surface area contributed by atoms with Crippen LogP contribution in [0, 0.1) is 0 Å². The minimum atomic E-state index is 0.141. The summed E-state index contributed by atoms with van der Waals surface area (Å²) in [4.78, 5) is 0. The molecular formula is C12H13ClN6OS. The van der Waals surface area contributed by atoms with Crippen molar-refractivity contribution in [2.75, 3.05) is 11.9 Å². The Balaban J connectivity index is 1.73. The molecule has 0 aliphatic rings. The number of anilines is 1. The Hall–Kier alpha value is -1.77. The highest BCUT2D eigenvalue weighted by Gasteiger charge is 2.10. The molecule has 110 valence electrons. The molecule has 7 nitrogen and oxygen atoms in total. The number of benzene rings is 1. The molecule has 2 aromatic heterocycles. The van der Waals surface area contributed by atoms with Gasteiger partial charge in [0.15, 0.2) is 0 Å². The highest BCUT2D eigenvalue weighted by molar-refractivity contribution is 7.00. The number of aromatic nitrogens is 5. The summed E-state index contributed by atoms with van der Waals surface area (Å²) in [6, 6.07) is 3.64. The predicted octanol–water partition coefficient (Wildman–Crippen LogP) is 1.93. The first-order valence-corrected chi connectivity index (χ1v) is 7.53. The van der Waals surface area contributed by atoms with E-state index in [2.05, 4.69) is 24.4 Å². The van der Waals surface area contributed by atoms with Crippen molar-refractivity contribution in [1.29, 1.82) is 0 Å². The fraction of sp³-hybridized carbons (Fsp3) is 0.333. The van der Waals surface area contributed by atoms with Gasteiger partial charge in [0.2, 0.25) is 0 Å². The van der Waals surface area contributed by atoms with E-state index in [9.17, 15) is 0 Å². The van der Waals surface area contributed by atoms with Crippen LogP contribution in [-0.4, -0.2) is 35.5 Å². The van der Waals surface area contributed by atoms with Gasteiger partial charge in [-0.25, -0.2) is 0 Å². The van der Waals surface area contributed by atoms with Crippen molar-refractivity contribution in [2.24, 2.45) is 0 Å². The van der Waals surface area contributed by atoms with Crippen molar-refractivity contribution in [3.63, 3.8) is 0 Å². The van der Waals surface area contributed by atoms with Gasteiger partial charge in [-0.2, -0.15) is 8.75 Å². The molecule has 0 fully saturated rings. The summed E-state index contributed by atoms with van der Waals surface area (Å²) in [6.45, 7) is 1.28. The number of aliphatic hydroxyl groups excluding tert-OH is 1. The largest absolute Gasteiger partial charge is 0.396 e. The minimum absolute atomic E-state index is 0.141. The van der Waals surface area contributed by atoms with Crippen LogP contribution in [0.1, 0.15) is 12.1 Å². The maximum absolute atomic E-state index is 8.80. The van der Waals surface area contributed by atoms with Crippen molar-refractivity contribution in [3.05, 3.63) is 29.0 Å². The van der Waals surface area contributed by atoms with E-state index in [1.54, 1.807) is 10.7 Å².